The van der Waals surface area contributed by atoms with Gasteiger partial charge in [0.25, 0.3) is 0 Å². The Balaban J connectivity index is 1.37. The minimum Gasteiger partial charge on any atom is -0.481 e. The number of amides is 2. The molecule has 1 aliphatic rings. The molecule has 1 aromatic carbocycles. The lowest BCUT2D eigenvalue weighted by atomic mass is 10.1. The predicted molar refractivity (Wildman–Crippen MR) is 101 cm³/mol. The molecule has 2 amide bonds. The lowest BCUT2D eigenvalue weighted by Crippen LogP contribution is -2.51. The molecule has 0 spiro atoms. The van der Waals surface area contributed by atoms with Crippen LogP contribution in [0.25, 0.3) is 0 Å². The van der Waals surface area contributed by atoms with E-state index >= 15 is 0 Å². The predicted octanol–water partition coefficient (Wildman–Crippen LogP) is 2.16. The van der Waals surface area contributed by atoms with Gasteiger partial charge in [-0.25, -0.2) is 9.78 Å². The number of nitrogens with one attached hydrogen (secondary N) is 1. The van der Waals surface area contributed by atoms with Crippen molar-refractivity contribution < 1.29 is 9.53 Å². The van der Waals surface area contributed by atoms with Gasteiger partial charge >= 0.3 is 6.03 Å². The number of pyridine rings is 1. The van der Waals surface area contributed by atoms with Crippen molar-refractivity contribution in [1.82, 2.24) is 20.1 Å². The van der Waals surface area contributed by atoms with Crippen molar-refractivity contribution >= 4 is 6.03 Å². The first-order valence-corrected chi connectivity index (χ1v) is 9.02. The zero-order valence-electron chi connectivity index (χ0n) is 15.2. The summed E-state index contributed by atoms with van der Waals surface area (Å²) in [7, 11) is 1.59. The highest BCUT2D eigenvalue weighted by molar-refractivity contribution is 5.74. The fraction of sp³-hybridized carbons (Fsp3) is 0.400. The van der Waals surface area contributed by atoms with E-state index in [1.165, 1.54) is 5.56 Å². The highest BCUT2D eigenvalue weighted by Gasteiger charge is 2.20. The number of urea groups is 1. The summed E-state index contributed by atoms with van der Waals surface area (Å²) >= 11 is 0. The second-order valence-electron chi connectivity index (χ2n) is 6.43. The van der Waals surface area contributed by atoms with Crippen LogP contribution in [0.4, 0.5) is 4.79 Å². The minimum absolute atomic E-state index is 0.0106. The molecular formula is C20H26N4O2. The summed E-state index contributed by atoms with van der Waals surface area (Å²) in [5, 5.41) is 2.97. The third-order valence-electron chi connectivity index (χ3n) is 4.67. The Bertz CT molecular complexity index is 683. The van der Waals surface area contributed by atoms with Crippen LogP contribution < -0.4 is 10.1 Å². The fourth-order valence-corrected chi connectivity index (χ4v) is 3.03. The fourth-order valence-electron chi connectivity index (χ4n) is 3.03. The Kier molecular flexibility index (Phi) is 6.44. The van der Waals surface area contributed by atoms with Gasteiger partial charge in [-0.15, -0.1) is 0 Å². The standard InChI is InChI=1S/C20H26N4O2/c1-26-19-8-7-18(15-21-19)16-22-20(25)24-13-11-23(12-14-24)10-9-17-5-3-2-4-6-17/h2-8,15H,9-14,16H2,1H3,(H,22,25). The maximum Gasteiger partial charge on any atom is 0.317 e. The monoisotopic (exact) mass is 354 g/mol. The van der Waals surface area contributed by atoms with E-state index in [1.807, 2.05) is 17.0 Å². The van der Waals surface area contributed by atoms with Gasteiger partial charge < -0.3 is 15.0 Å². The number of carbonyl (C=O) groups excluding carboxylic acids is 1. The van der Waals surface area contributed by atoms with E-state index in [-0.39, 0.29) is 6.03 Å². The number of nitrogens with zero attached hydrogens (tertiary/aromatic N) is 3. The van der Waals surface area contributed by atoms with Crippen LogP contribution in [0.15, 0.2) is 48.7 Å². The molecule has 0 radical (unpaired) electrons. The summed E-state index contributed by atoms with van der Waals surface area (Å²) < 4.78 is 5.04. The molecule has 1 N–H and O–H groups in total. The number of aromatic nitrogens is 1. The van der Waals surface area contributed by atoms with Gasteiger partial charge in [0.2, 0.25) is 5.88 Å². The number of benzene rings is 1. The van der Waals surface area contributed by atoms with Crippen molar-refractivity contribution in [3.63, 3.8) is 0 Å². The number of hydrogen-bond donors (Lipinski definition) is 1. The summed E-state index contributed by atoms with van der Waals surface area (Å²) in [5.41, 5.74) is 2.32. The van der Waals surface area contributed by atoms with Crippen molar-refractivity contribution in [1.29, 1.82) is 0 Å². The highest BCUT2D eigenvalue weighted by atomic mass is 16.5. The molecule has 3 rings (SSSR count). The first-order chi connectivity index (χ1) is 12.7. The quantitative estimate of drug-likeness (QED) is 0.864. The third-order valence-corrected chi connectivity index (χ3v) is 4.67. The summed E-state index contributed by atoms with van der Waals surface area (Å²) in [6.07, 6.45) is 2.78. The van der Waals surface area contributed by atoms with E-state index in [0.29, 0.717) is 12.4 Å². The number of ether oxygens (including phenoxy) is 1. The number of hydrogen-bond acceptors (Lipinski definition) is 4. The number of carbonyl (C=O) groups is 1. The molecule has 0 unspecified atom stereocenters. The number of rotatable bonds is 6. The molecule has 0 bridgehead atoms. The van der Waals surface area contributed by atoms with Crippen molar-refractivity contribution in [2.24, 2.45) is 0 Å². The molecule has 1 aromatic heterocycles. The molecule has 6 heteroatoms. The van der Waals surface area contributed by atoms with Gasteiger partial charge in [0.05, 0.1) is 7.11 Å². The average molecular weight is 354 g/mol. The van der Waals surface area contributed by atoms with Gasteiger partial charge in [0.15, 0.2) is 0 Å². The van der Waals surface area contributed by atoms with Crippen LogP contribution in [0, 0.1) is 0 Å². The van der Waals surface area contributed by atoms with Crippen LogP contribution >= 0.6 is 0 Å². The van der Waals surface area contributed by atoms with E-state index in [1.54, 1.807) is 19.4 Å². The largest absolute Gasteiger partial charge is 0.481 e. The number of piperazine rings is 1. The first kappa shape index (κ1) is 18.2. The molecule has 0 atom stereocenters. The lowest BCUT2D eigenvalue weighted by Gasteiger charge is -2.34. The molecule has 1 aliphatic heterocycles. The summed E-state index contributed by atoms with van der Waals surface area (Å²) in [6.45, 7) is 4.89. The van der Waals surface area contributed by atoms with Crippen LogP contribution in [0.2, 0.25) is 0 Å². The summed E-state index contributed by atoms with van der Waals surface area (Å²) in [5.74, 6) is 0.576. The molecule has 0 saturated carbocycles. The second kappa shape index (κ2) is 9.20. The minimum atomic E-state index is -0.0106. The maximum absolute atomic E-state index is 12.3. The van der Waals surface area contributed by atoms with Gasteiger partial charge in [-0.2, -0.15) is 0 Å². The Morgan fingerprint density at radius 2 is 1.85 bits per heavy atom. The van der Waals surface area contributed by atoms with Crippen molar-refractivity contribution in [3.05, 3.63) is 59.8 Å². The van der Waals surface area contributed by atoms with Gasteiger partial charge in [-0.3, -0.25) is 4.90 Å². The Hall–Kier alpha value is -2.60. The maximum atomic E-state index is 12.3. The van der Waals surface area contributed by atoms with Crippen molar-refractivity contribution in [2.45, 2.75) is 13.0 Å². The molecule has 26 heavy (non-hydrogen) atoms. The Morgan fingerprint density at radius 1 is 1.08 bits per heavy atom. The molecule has 2 aromatic rings. The first-order valence-electron chi connectivity index (χ1n) is 9.02. The zero-order valence-corrected chi connectivity index (χ0v) is 15.2. The van der Waals surface area contributed by atoms with E-state index < -0.39 is 0 Å². The topological polar surface area (TPSA) is 57.7 Å². The Labute approximate surface area is 154 Å². The average Bonchev–Trinajstić information content (AvgIpc) is 2.72. The summed E-state index contributed by atoms with van der Waals surface area (Å²) in [4.78, 5) is 20.8. The molecule has 2 heterocycles. The van der Waals surface area contributed by atoms with E-state index in [9.17, 15) is 4.79 Å². The molecule has 138 valence electrons. The molecule has 1 fully saturated rings. The zero-order chi connectivity index (χ0) is 18.2. The molecular weight excluding hydrogens is 328 g/mol. The second-order valence-corrected chi connectivity index (χ2v) is 6.43. The third kappa shape index (κ3) is 5.20. The van der Waals surface area contributed by atoms with Crippen LogP contribution in [0.1, 0.15) is 11.1 Å². The van der Waals surface area contributed by atoms with Crippen LogP contribution in [-0.4, -0.2) is 60.6 Å². The van der Waals surface area contributed by atoms with Crippen LogP contribution in [-0.2, 0) is 13.0 Å². The van der Waals surface area contributed by atoms with Crippen LogP contribution in [0.5, 0.6) is 5.88 Å². The highest BCUT2D eigenvalue weighted by Crippen LogP contribution is 2.08. The normalized spacial score (nSPS) is 14.9. The summed E-state index contributed by atoms with van der Waals surface area (Å²) in [6, 6.07) is 14.2. The van der Waals surface area contributed by atoms with Crippen molar-refractivity contribution in [3.8, 4) is 5.88 Å². The lowest BCUT2D eigenvalue weighted by molar-refractivity contribution is 0.140. The number of methoxy groups -OCH3 is 1. The van der Waals surface area contributed by atoms with E-state index in [4.69, 9.17) is 4.74 Å². The van der Waals surface area contributed by atoms with E-state index in [2.05, 4.69) is 39.5 Å². The van der Waals surface area contributed by atoms with Crippen molar-refractivity contribution in [2.75, 3.05) is 39.8 Å². The Morgan fingerprint density at radius 3 is 2.50 bits per heavy atom. The SMILES string of the molecule is COc1ccc(CNC(=O)N2CCN(CCc3ccccc3)CC2)cn1. The van der Waals surface area contributed by atoms with Gasteiger partial charge in [0.1, 0.15) is 0 Å². The van der Waals surface area contributed by atoms with Crippen LogP contribution in [0.3, 0.4) is 0 Å². The van der Waals surface area contributed by atoms with Gasteiger partial charge in [-0.1, -0.05) is 36.4 Å². The van der Waals surface area contributed by atoms with Gasteiger partial charge in [-0.05, 0) is 17.5 Å². The molecule has 6 nitrogen and oxygen atoms in total. The molecule has 0 aliphatic carbocycles. The van der Waals surface area contributed by atoms with Gasteiger partial charge in [0, 0.05) is 51.5 Å². The molecule has 1 saturated heterocycles. The smallest absolute Gasteiger partial charge is 0.317 e. The van der Waals surface area contributed by atoms with E-state index in [0.717, 1.165) is 44.7 Å².